The Kier molecular flexibility index (Phi) is 5.95. The molecule has 1 aromatic heterocycles. The van der Waals surface area contributed by atoms with Gasteiger partial charge in [0, 0.05) is 22.8 Å². The Hall–Kier alpha value is -4.19. The van der Waals surface area contributed by atoms with Crippen molar-refractivity contribution in [2.75, 3.05) is 0 Å². The molecule has 3 aromatic rings. The van der Waals surface area contributed by atoms with Gasteiger partial charge in [0.1, 0.15) is 5.69 Å². The minimum atomic E-state index is -0.226. The number of hydrogen-bond acceptors (Lipinski definition) is 4. The van der Waals surface area contributed by atoms with Crippen molar-refractivity contribution in [2.24, 2.45) is 0 Å². The molecule has 6 heteroatoms. The second-order valence-electron chi connectivity index (χ2n) is 8.82. The number of allylic oxidation sites excluding steroid dienone is 4. The number of hydrogen-bond donors (Lipinski definition) is 2. The first kappa shape index (κ1) is 22.6. The second kappa shape index (κ2) is 9.22. The molecule has 2 N–H and O–H groups in total. The summed E-state index contributed by atoms with van der Waals surface area (Å²) >= 11 is 0. The highest BCUT2D eigenvalue weighted by Crippen LogP contribution is 2.34. The molecule has 0 amide bonds. The summed E-state index contributed by atoms with van der Waals surface area (Å²) in [4.78, 5) is 26.4. The van der Waals surface area contributed by atoms with Crippen LogP contribution in [0.5, 0.6) is 0 Å². The number of nitrogens with one attached hydrogen (secondary N) is 1. The molecule has 0 unspecified atom stereocenters. The topological polar surface area (TPSA) is 83.8 Å². The Bertz CT molecular complexity index is 1640. The molecular weight excluding hydrogens is 436 g/mol. The third-order valence-corrected chi connectivity index (χ3v) is 6.48. The van der Waals surface area contributed by atoms with E-state index in [-0.39, 0.29) is 17.7 Å². The fourth-order valence-corrected chi connectivity index (χ4v) is 4.49. The maximum absolute atomic E-state index is 13.6. The summed E-state index contributed by atoms with van der Waals surface area (Å²) in [5, 5.41) is 12.6. The van der Waals surface area contributed by atoms with Crippen molar-refractivity contribution in [3.63, 3.8) is 0 Å². The zero-order valence-corrected chi connectivity index (χ0v) is 20.2. The first-order valence-electron chi connectivity index (χ1n) is 11.9. The lowest BCUT2D eigenvalue weighted by Gasteiger charge is -2.16. The van der Waals surface area contributed by atoms with E-state index >= 15 is 0 Å². The van der Waals surface area contributed by atoms with Gasteiger partial charge in [-0.05, 0) is 49.4 Å². The number of aliphatic hydroxyl groups excluding tert-OH is 1. The molecule has 2 aliphatic heterocycles. The van der Waals surface area contributed by atoms with Crippen molar-refractivity contribution < 1.29 is 5.11 Å². The maximum atomic E-state index is 13.6. The molecule has 0 saturated heterocycles. The minimum Gasteiger partial charge on any atom is -0.512 e. The first-order valence-corrected chi connectivity index (χ1v) is 11.9. The molecule has 0 aliphatic carbocycles. The summed E-state index contributed by atoms with van der Waals surface area (Å²) < 4.78 is 1.67. The van der Waals surface area contributed by atoms with Gasteiger partial charge in [-0.2, -0.15) is 0 Å². The van der Waals surface area contributed by atoms with Crippen molar-refractivity contribution in [3.05, 3.63) is 100.0 Å². The van der Waals surface area contributed by atoms with Gasteiger partial charge in [0.15, 0.2) is 5.82 Å². The van der Waals surface area contributed by atoms with Gasteiger partial charge in [-0.15, -0.1) is 0 Å². The second-order valence-corrected chi connectivity index (χ2v) is 8.82. The fourth-order valence-electron chi connectivity index (χ4n) is 4.49. The molecule has 2 aromatic carbocycles. The molecule has 2 aliphatic rings. The van der Waals surface area contributed by atoms with Crippen LogP contribution in [0.4, 0.5) is 0 Å². The van der Waals surface area contributed by atoms with Gasteiger partial charge in [-0.1, -0.05) is 55.8 Å². The van der Waals surface area contributed by atoms with Crippen LogP contribution in [0.15, 0.2) is 77.4 Å². The molecule has 5 rings (SSSR count). The Labute approximate surface area is 203 Å². The number of imidazole rings is 1. The molecular formula is C29H28N4O2. The Morgan fingerprint density at radius 2 is 1.97 bits per heavy atom. The van der Waals surface area contributed by atoms with Gasteiger partial charge in [0.2, 0.25) is 0 Å². The quantitative estimate of drug-likeness (QED) is 0.175. The van der Waals surface area contributed by atoms with Crippen molar-refractivity contribution in [2.45, 2.75) is 40.0 Å². The molecule has 0 radical (unpaired) electrons. The number of fused-ring (bicyclic) bond motifs is 5. The zero-order valence-electron chi connectivity index (χ0n) is 20.2. The molecule has 3 heterocycles. The lowest BCUT2D eigenvalue weighted by atomic mass is 10.0. The molecule has 0 bridgehead atoms. The van der Waals surface area contributed by atoms with Crippen molar-refractivity contribution in [1.82, 2.24) is 19.5 Å². The standard InChI is InChI=1S/C29H28N4O2/c1-4-5-6-7-11-21(34)17-24-29(35)33-25-14-13-20-10-8-9-12-23(20)26(25)32-27(28(33)31-24)22-15-16-30-19(3)18(22)2/h6-16,32,34H,4-5,17H2,1-3H3/b7-6-,21-11-. The number of aryl methyl sites for hydroxylation is 1. The van der Waals surface area contributed by atoms with E-state index in [9.17, 15) is 9.90 Å². The minimum absolute atomic E-state index is 0.0693. The number of H-pyrrole nitrogens is 1. The number of aliphatic hydroxyl groups is 1. The summed E-state index contributed by atoms with van der Waals surface area (Å²) in [5.74, 6) is 0.643. The van der Waals surface area contributed by atoms with Gasteiger partial charge >= 0.3 is 0 Å². The third-order valence-electron chi connectivity index (χ3n) is 6.48. The zero-order chi connectivity index (χ0) is 24.5. The summed E-state index contributed by atoms with van der Waals surface area (Å²) in [6, 6.07) is 14.0. The van der Waals surface area contributed by atoms with Crippen LogP contribution in [-0.4, -0.2) is 24.6 Å². The van der Waals surface area contributed by atoms with Crippen molar-refractivity contribution >= 4 is 21.8 Å². The van der Waals surface area contributed by atoms with E-state index in [2.05, 4.69) is 23.0 Å². The van der Waals surface area contributed by atoms with Crippen LogP contribution in [0, 0.1) is 13.8 Å². The summed E-state index contributed by atoms with van der Waals surface area (Å²) in [5.41, 5.74) is 5.33. The summed E-state index contributed by atoms with van der Waals surface area (Å²) in [6.45, 7) is 6.09. The van der Waals surface area contributed by atoms with E-state index in [1.165, 1.54) is 0 Å². The average molecular weight is 465 g/mol. The van der Waals surface area contributed by atoms with Crippen LogP contribution in [0.2, 0.25) is 0 Å². The van der Waals surface area contributed by atoms with Crippen LogP contribution < -0.4 is 5.56 Å². The molecule has 0 spiro atoms. The molecule has 35 heavy (non-hydrogen) atoms. The first-order chi connectivity index (χ1) is 17.0. The van der Waals surface area contributed by atoms with Gasteiger partial charge in [-0.3, -0.25) is 14.3 Å². The number of nitrogens with zero attached hydrogens (tertiary/aromatic N) is 3. The number of aromatic nitrogens is 4. The predicted octanol–water partition coefficient (Wildman–Crippen LogP) is 6.32. The van der Waals surface area contributed by atoms with Gasteiger partial charge in [0.05, 0.1) is 28.9 Å². The van der Waals surface area contributed by atoms with Crippen molar-refractivity contribution in [3.8, 4) is 17.1 Å². The van der Waals surface area contributed by atoms with E-state index in [1.54, 1.807) is 16.8 Å². The smallest absolute Gasteiger partial charge is 0.279 e. The van der Waals surface area contributed by atoms with Gasteiger partial charge in [0.25, 0.3) is 5.56 Å². The van der Waals surface area contributed by atoms with Crippen LogP contribution in [-0.2, 0) is 6.42 Å². The lowest BCUT2D eigenvalue weighted by Crippen LogP contribution is -2.18. The number of pyridine rings is 1. The predicted molar refractivity (Wildman–Crippen MR) is 142 cm³/mol. The molecule has 176 valence electrons. The van der Waals surface area contributed by atoms with Crippen LogP contribution in [0.25, 0.3) is 38.9 Å². The highest BCUT2D eigenvalue weighted by Gasteiger charge is 2.24. The SMILES string of the molecule is CCC/C=C\C=C(/O)Cc1nc2c(-c3ccnc(C)c3C)[nH]c3c4ccccc4ccc3n-2c1=O. The number of aromatic amines is 1. The number of rotatable bonds is 6. The summed E-state index contributed by atoms with van der Waals surface area (Å²) in [6.07, 6.45) is 9.27. The largest absolute Gasteiger partial charge is 0.512 e. The Balaban J connectivity index is 1.79. The maximum Gasteiger partial charge on any atom is 0.279 e. The normalized spacial score (nSPS) is 12.5. The van der Waals surface area contributed by atoms with Gasteiger partial charge in [-0.25, -0.2) is 4.98 Å². The highest BCUT2D eigenvalue weighted by molar-refractivity contribution is 6.05. The van der Waals surface area contributed by atoms with Crippen LogP contribution in [0.3, 0.4) is 0 Å². The average Bonchev–Trinajstić information content (AvgIpc) is 3.19. The number of benzene rings is 2. The molecule has 0 atom stereocenters. The molecule has 0 fully saturated rings. The lowest BCUT2D eigenvalue weighted by molar-refractivity contribution is 0.397. The van der Waals surface area contributed by atoms with E-state index < -0.39 is 0 Å². The third kappa shape index (κ3) is 4.01. The molecule has 6 nitrogen and oxygen atoms in total. The van der Waals surface area contributed by atoms with Crippen LogP contribution >= 0.6 is 0 Å². The van der Waals surface area contributed by atoms with E-state index in [0.29, 0.717) is 11.5 Å². The van der Waals surface area contributed by atoms with E-state index in [1.807, 2.05) is 62.4 Å². The number of unbranched alkanes of at least 4 members (excludes halogenated alkanes) is 1. The highest BCUT2D eigenvalue weighted by atomic mass is 16.3. The van der Waals surface area contributed by atoms with E-state index in [0.717, 1.165) is 57.2 Å². The Morgan fingerprint density at radius 1 is 1.14 bits per heavy atom. The van der Waals surface area contributed by atoms with Crippen molar-refractivity contribution in [1.29, 1.82) is 0 Å². The Morgan fingerprint density at radius 3 is 2.80 bits per heavy atom. The monoisotopic (exact) mass is 464 g/mol. The van der Waals surface area contributed by atoms with E-state index in [4.69, 9.17) is 4.98 Å². The molecule has 0 saturated carbocycles. The van der Waals surface area contributed by atoms with Crippen LogP contribution in [0.1, 0.15) is 36.7 Å². The van der Waals surface area contributed by atoms with Gasteiger partial charge < -0.3 is 10.1 Å². The fraction of sp³-hybridized carbons (Fsp3) is 0.207. The summed E-state index contributed by atoms with van der Waals surface area (Å²) in [7, 11) is 0.